The number of nitriles is 1. The van der Waals surface area contributed by atoms with Gasteiger partial charge in [0, 0.05) is 18.4 Å². The van der Waals surface area contributed by atoms with Crippen LogP contribution in [0.1, 0.15) is 27.0 Å². The van der Waals surface area contributed by atoms with Crippen molar-refractivity contribution in [3.63, 3.8) is 0 Å². The third-order valence-electron chi connectivity index (χ3n) is 3.99. The van der Waals surface area contributed by atoms with E-state index in [1.165, 1.54) is 0 Å². The van der Waals surface area contributed by atoms with Crippen LogP contribution in [-0.4, -0.2) is 10.9 Å². The molecule has 0 aliphatic rings. The number of nitrogens with two attached hydrogens (primary N) is 1. The van der Waals surface area contributed by atoms with Crippen LogP contribution in [0.4, 0.5) is 11.5 Å². The predicted octanol–water partition coefficient (Wildman–Crippen LogP) is 3.01. The topological polar surface area (TPSA) is 113 Å². The summed E-state index contributed by atoms with van der Waals surface area (Å²) in [6.07, 6.45) is 1.64. The van der Waals surface area contributed by atoms with Crippen molar-refractivity contribution in [2.75, 3.05) is 11.1 Å². The minimum atomic E-state index is -0.356. The Balaban J connectivity index is 1.58. The van der Waals surface area contributed by atoms with Gasteiger partial charge in [-0.05, 0) is 47.5 Å². The Kier molecular flexibility index (Phi) is 6.18. The highest BCUT2D eigenvalue weighted by atomic mass is 16.6. The summed E-state index contributed by atoms with van der Waals surface area (Å²) in [5.41, 5.74) is 11.7. The van der Waals surface area contributed by atoms with Crippen LogP contribution >= 0.6 is 0 Å². The maximum atomic E-state index is 12.5. The molecular formula is C21H19N5O2. The van der Waals surface area contributed by atoms with Gasteiger partial charge in [-0.1, -0.05) is 24.3 Å². The van der Waals surface area contributed by atoms with Gasteiger partial charge in [-0.3, -0.25) is 9.63 Å². The summed E-state index contributed by atoms with van der Waals surface area (Å²) in [7, 11) is 0. The molecule has 0 aliphatic carbocycles. The van der Waals surface area contributed by atoms with Crippen molar-refractivity contribution < 1.29 is 9.63 Å². The van der Waals surface area contributed by atoms with Gasteiger partial charge in [0.15, 0.2) is 0 Å². The number of nitrogens with zero attached hydrogens (tertiary/aromatic N) is 2. The molecule has 2 aromatic carbocycles. The van der Waals surface area contributed by atoms with Crippen molar-refractivity contribution in [2.45, 2.75) is 13.2 Å². The van der Waals surface area contributed by atoms with Gasteiger partial charge in [-0.25, -0.2) is 10.5 Å². The SMILES string of the molecule is N#Cc1ccc(CONC(=O)c2ccccc2NCc2ccnc(N)c2)cc1. The molecule has 28 heavy (non-hydrogen) atoms. The lowest BCUT2D eigenvalue weighted by Crippen LogP contribution is -2.24. The number of hydrogen-bond donors (Lipinski definition) is 3. The van der Waals surface area contributed by atoms with Crippen LogP contribution < -0.4 is 16.5 Å². The van der Waals surface area contributed by atoms with Crippen molar-refractivity contribution in [1.29, 1.82) is 5.26 Å². The first kappa shape index (κ1) is 18.9. The number of para-hydroxylation sites is 1. The molecule has 0 saturated carbocycles. The zero-order valence-corrected chi connectivity index (χ0v) is 15.1. The fraction of sp³-hybridized carbons (Fsp3) is 0.0952. The normalized spacial score (nSPS) is 10.1. The fourth-order valence-electron chi connectivity index (χ4n) is 2.55. The van der Waals surface area contributed by atoms with Crippen LogP contribution in [0.5, 0.6) is 0 Å². The molecule has 0 atom stereocenters. The van der Waals surface area contributed by atoms with Gasteiger partial charge in [0.1, 0.15) is 5.82 Å². The average Bonchev–Trinajstić information content (AvgIpc) is 2.73. The number of nitrogens with one attached hydrogen (secondary N) is 2. The fourth-order valence-corrected chi connectivity index (χ4v) is 2.55. The van der Waals surface area contributed by atoms with E-state index in [-0.39, 0.29) is 12.5 Å². The molecule has 7 heteroatoms. The lowest BCUT2D eigenvalue weighted by atomic mass is 10.1. The monoisotopic (exact) mass is 373 g/mol. The number of hydrogen-bond acceptors (Lipinski definition) is 6. The lowest BCUT2D eigenvalue weighted by Gasteiger charge is -2.12. The molecule has 0 spiro atoms. The highest BCUT2D eigenvalue weighted by molar-refractivity contribution is 5.99. The summed E-state index contributed by atoms with van der Waals surface area (Å²) in [5.74, 6) is 0.0903. The molecule has 140 valence electrons. The van der Waals surface area contributed by atoms with Crippen molar-refractivity contribution in [3.8, 4) is 6.07 Å². The van der Waals surface area contributed by atoms with Crippen molar-refractivity contribution in [3.05, 3.63) is 89.1 Å². The Bertz CT molecular complexity index is 996. The second-order valence-electron chi connectivity index (χ2n) is 6.02. The third-order valence-corrected chi connectivity index (χ3v) is 3.99. The van der Waals surface area contributed by atoms with Gasteiger partial charge in [0.2, 0.25) is 0 Å². The lowest BCUT2D eigenvalue weighted by molar-refractivity contribution is 0.0234. The van der Waals surface area contributed by atoms with E-state index in [0.29, 0.717) is 29.2 Å². The van der Waals surface area contributed by atoms with Crippen molar-refractivity contribution >= 4 is 17.4 Å². The van der Waals surface area contributed by atoms with E-state index in [1.54, 1.807) is 48.7 Å². The summed E-state index contributed by atoms with van der Waals surface area (Å²) in [6.45, 7) is 0.701. The van der Waals surface area contributed by atoms with Crippen molar-refractivity contribution in [1.82, 2.24) is 10.5 Å². The number of rotatable bonds is 7. The van der Waals surface area contributed by atoms with Crippen molar-refractivity contribution in [2.24, 2.45) is 0 Å². The molecule has 0 unspecified atom stereocenters. The smallest absolute Gasteiger partial charge is 0.276 e. The van der Waals surface area contributed by atoms with E-state index in [9.17, 15) is 4.79 Å². The number of carbonyl (C=O) groups is 1. The maximum absolute atomic E-state index is 12.5. The number of benzene rings is 2. The van der Waals surface area contributed by atoms with E-state index >= 15 is 0 Å². The number of anilines is 2. The minimum absolute atomic E-state index is 0.198. The molecule has 3 aromatic rings. The highest BCUT2D eigenvalue weighted by Crippen LogP contribution is 2.17. The number of aromatic nitrogens is 1. The summed E-state index contributed by atoms with van der Waals surface area (Å²) < 4.78 is 0. The zero-order valence-electron chi connectivity index (χ0n) is 15.1. The van der Waals surface area contributed by atoms with Crippen LogP contribution in [0.25, 0.3) is 0 Å². The van der Waals surface area contributed by atoms with E-state index in [1.807, 2.05) is 18.2 Å². The first-order valence-electron chi connectivity index (χ1n) is 8.60. The van der Waals surface area contributed by atoms with Crippen LogP contribution in [0.3, 0.4) is 0 Å². The maximum Gasteiger partial charge on any atom is 0.276 e. The van der Waals surface area contributed by atoms with E-state index in [0.717, 1.165) is 11.1 Å². The quantitative estimate of drug-likeness (QED) is 0.549. The standard InChI is InChI=1S/C21H19N5O2/c22-12-15-5-7-16(8-6-15)14-28-26-21(27)18-3-1-2-4-19(18)25-13-17-9-10-24-20(23)11-17/h1-11,25H,13-14H2,(H2,23,24)(H,26,27). The third kappa shape index (κ3) is 5.06. The van der Waals surface area contributed by atoms with Gasteiger partial charge in [0.05, 0.1) is 23.8 Å². The Morgan fingerprint density at radius 3 is 2.64 bits per heavy atom. The van der Waals surface area contributed by atoms with Gasteiger partial charge in [-0.15, -0.1) is 0 Å². The first-order chi connectivity index (χ1) is 13.7. The molecule has 1 heterocycles. The summed E-state index contributed by atoms with van der Waals surface area (Å²) in [4.78, 5) is 21.7. The summed E-state index contributed by atoms with van der Waals surface area (Å²) in [6, 6.07) is 19.8. The molecule has 1 aromatic heterocycles. The Morgan fingerprint density at radius 1 is 1.11 bits per heavy atom. The molecule has 0 aliphatic heterocycles. The largest absolute Gasteiger partial charge is 0.384 e. The van der Waals surface area contributed by atoms with Gasteiger partial charge < -0.3 is 11.1 Å². The highest BCUT2D eigenvalue weighted by Gasteiger charge is 2.11. The number of carbonyl (C=O) groups excluding carboxylic acids is 1. The van der Waals surface area contributed by atoms with Crippen LogP contribution in [0.2, 0.25) is 0 Å². The molecule has 4 N–H and O–H groups in total. The molecule has 0 saturated heterocycles. The minimum Gasteiger partial charge on any atom is -0.384 e. The molecule has 0 bridgehead atoms. The molecule has 1 amide bonds. The molecule has 7 nitrogen and oxygen atoms in total. The average molecular weight is 373 g/mol. The predicted molar refractivity (Wildman–Crippen MR) is 106 cm³/mol. The van der Waals surface area contributed by atoms with Gasteiger partial charge >= 0.3 is 0 Å². The Morgan fingerprint density at radius 2 is 1.89 bits per heavy atom. The Hall–Kier alpha value is -3.89. The summed E-state index contributed by atoms with van der Waals surface area (Å²) >= 11 is 0. The number of amides is 1. The van der Waals surface area contributed by atoms with E-state index < -0.39 is 0 Å². The van der Waals surface area contributed by atoms with Gasteiger partial charge in [-0.2, -0.15) is 5.26 Å². The van der Waals surface area contributed by atoms with Crippen LogP contribution in [-0.2, 0) is 18.0 Å². The van der Waals surface area contributed by atoms with Gasteiger partial charge in [0.25, 0.3) is 5.91 Å². The van der Waals surface area contributed by atoms with E-state index in [4.69, 9.17) is 15.8 Å². The summed E-state index contributed by atoms with van der Waals surface area (Å²) in [5, 5.41) is 12.0. The van der Waals surface area contributed by atoms with Crippen LogP contribution in [0, 0.1) is 11.3 Å². The number of nitrogen functional groups attached to an aromatic ring is 1. The van der Waals surface area contributed by atoms with E-state index in [2.05, 4.69) is 21.9 Å². The Labute approximate surface area is 162 Å². The van der Waals surface area contributed by atoms with Crippen LogP contribution in [0.15, 0.2) is 66.9 Å². The second kappa shape index (κ2) is 9.16. The molecule has 3 rings (SSSR count). The zero-order chi connectivity index (χ0) is 19.8. The molecule has 0 radical (unpaired) electrons. The second-order valence-corrected chi connectivity index (χ2v) is 6.02. The number of hydroxylamine groups is 1. The first-order valence-corrected chi connectivity index (χ1v) is 8.60. The molecular weight excluding hydrogens is 354 g/mol. The number of pyridine rings is 1. The molecule has 0 fully saturated rings.